The summed E-state index contributed by atoms with van der Waals surface area (Å²) in [5.41, 5.74) is 5.54. The van der Waals surface area contributed by atoms with Crippen molar-refractivity contribution in [3.63, 3.8) is 0 Å². The van der Waals surface area contributed by atoms with Crippen molar-refractivity contribution in [3.05, 3.63) is 16.1 Å². The third-order valence-electron chi connectivity index (χ3n) is 1.70. The van der Waals surface area contributed by atoms with Gasteiger partial charge in [0.25, 0.3) is 0 Å². The maximum atomic E-state index is 10.9. The average molecular weight is 281 g/mol. The van der Waals surface area contributed by atoms with Crippen molar-refractivity contribution in [2.24, 2.45) is 0 Å². The number of nitrogens with two attached hydrogens (primary N) is 1. The maximum Gasteiger partial charge on any atom is 0.306 e. The first-order valence-corrected chi connectivity index (χ1v) is 6.10. The minimum atomic E-state index is -0.273. The van der Waals surface area contributed by atoms with E-state index in [4.69, 9.17) is 28.9 Å². The van der Waals surface area contributed by atoms with E-state index in [1.807, 2.05) is 0 Å². The van der Waals surface area contributed by atoms with Crippen molar-refractivity contribution in [2.45, 2.75) is 11.4 Å². The van der Waals surface area contributed by atoms with E-state index >= 15 is 0 Å². The van der Waals surface area contributed by atoms with Crippen LogP contribution < -0.4 is 5.73 Å². The average Bonchev–Trinajstić information content (AvgIpc) is 2.25. The van der Waals surface area contributed by atoms with Gasteiger partial charge in [0.15, 0.2) is 0 Å². The third-order valence-corrected chi connectivity index (χ3v) is 3.39. The Bertz CT molecular complexity index is 401. The van der Waals surface area contributed by atoms with Gasteiger partial charge in [0.2, 0.25) is 0 Å². The molecule has 0 aliphatic carbocycles. The minimum Gasteiger partial charge on any atom is -0.469 e. The molecule has 1 heterocycles. The number of esters is 1. The van der Waals surface area contributed by atoms with Crippen molar-refractivity contribution in [2.75, 3.05) is 18.6 Å². The number of carbonyl (C=O) groups is 1. The van der Waals surface area contributed by atoms with Crippen molar-refractivity contribution in [1.29, 1.82) is 0 Å². The summed E-state index contributed by atoms with van der Waals surface area (Å²) in [6, 6.07) is 1.53. The first kappa shape index (κ1) is 13.4. The van der Waals surface area contributed by atoms with Gasteiger partial charge in [-0.2, -0.15) is 0 Å². The number of nitrogens with zero attached hydrogens (tertiary/aromatic N) is 1. The van der Waals surface area contributed by atoms with Crippen LogP contribution in [0.15, 0.2) is 11.1 Å². The van der Waals surface area contributed by atoms with E-state index in [9.17, 15) is 4.79 Å². The molecule has 0 saturated carbocycles. The van der Waals surface area contributed by atoms with Gasteiger partial charge in [-0.15, -0.1) is 11.8 Å². The Balaban J connectivity index is 2.60. The first-order chi connectivity index (χ1) is 7.54. The molecule has 0 fully saturated rings. The first-order valence-electron chi connectivity index (χ1n) is 4.35. The summed E-state index contributed by atoms with van der Waals surface area (Å²) in [6.07, 6.45) is 0.293. The number of anilines is 1. The lowest BCUT2D eigenvalue weighted by Gasteiger charge is -2.05. The number of ether oxygens (including phenoxy) is 1. The van der Waals surface area contributed by atoms with Gasteiger partial charge in [0.05, 0.1) is 23.6 Å². The van der Waals surface area contributed by atoms with Crippen LogP contribution in [0.4, 0.5) is 5.82 Å². The molecule has 16 heavy (non-hydrogen) atoms. The fourth-order valence-electron chi connectivity index (χ4n) is 0.897. The Kier molecular flexibility index (Phi) is 5.18. The number of thioether (sulfide) groups is 1. The highest BCUT2D eigenvalue weighted by Crippen LogP contribution is 2.30. The molecule has 0 atom stereocenters. The third kappa shape index (κ3) is 3.73. The molecule has 4 nitrogen and oxygen atoms in total. The summed E-state index contributed by atoms with van der Waals surface area (Å²) in [6.45, 7) is 0. The SMILES string of the molecule is COC(=O)CCSc1nc(N)c(Cl)cc1Cl. The summed E-state index contributed by atoms with van der Waals surface area (Å²) < 4.78 is 4.51. The van der Waals surface area contributed by atoms with Gasteiger partial charge in [-0.05, 0) is 6.07 Å². The van der Waals surface area contributed by atoms with Crippen LogP contribution in [-0.2, 0) is 9.53 Å². The Hall–Kier alpha value is -0.650. The van der Waals surface area contributed by atoms with Crippen LogP contribution in [-0.4, -0.2) is 23.8 Å². The molecule has 0 spiro atoms. The molecule has 1 rings (SSSR count). The quantitative estimate of drug-likeness (QED) is 0.679. The second-order valence-electron chi connectivity index (χ2n) is 2.82. The number of hydrogen-bond donors (Lipinski definition) is 1. The van der Waals surface area contributed by atoms with Gasteiger partial charge in [-0.1, -0.05) is 23.2 Å². The largest absolute Gasteiger partial charge is 0.469 e. The topological polar surface area (TPSA) is 65.2 Å². The smallest absolute Gasteiger partial charge is 0.306 e. The number of halogens is 2. The number of carbonyl (C=O) groups excluding carboxylic acids is 1. The number of aromatic nitrogens is 1. The van der Waals surface area contributed by atoms with E-state index in [0.29, 0.717) is 27.2 Å². The highest BCUT2D eigenvalue weighted by molar-refractivity contribution is 7.99. The second kappa shape index (κ2) is 6.18. The Morgan fingerprint density at radius 1 is 1.56 bits per heavy atom. The zero-order chi connectivity index (χ0) is 12.1. The molecule has 2 N–H and O–H groups in total. The van der Waals surface area contributed by atoms with Gasteiger partial charge < -0.3 is 10.5 Å². The zero-order valence-corrected chi connectivity index (χ0v) is 10.8. The highest BCUT2D eigenvalue weighted by atomic mass is 35.5. The zero-order valence-electron chi connectivity index (χ0n) is 8.50. The highest BCUT2D eigenvalue weighted by Gasteiger charge is 2.08. The van der Waals surface area contributed by atoms with E-state index < -0.39 is 0 Å². The lowest BCUT2D eigenvalue weighted by atomic mass is 10.5. The summed E-state index contributed by atoms with van der Waals surface area (Å²) in [5, 5.41) is 1.31. The number of rotatable bonds is 4. The van der Waals surface area contributed by atoms with Crippen molar-refractivity contribution >= 4 is 46.8 Å². The van der Waals surface area contributed by atoms with E-state index in [-0.39, 0.29) is 11.8 Å². The van der Waals surface area contributed by atoms with Crippen LogP contribution in [0.25, 0.3) is 0 Å². The van der Waals surface area contributed by atoms with Crippen LogP contribution in [0.2, 0.25) is 10.0 Å². The summed E-state index contributed by atoms with van der Waals surface area (Å²) in [5.74, 6) is 0.484. The molecule has 7 heteroatoms. The van der Waals surface area contributed by atoms with Crippen molar-refractivity contribution in [3.8, 4) is 0 Å². The van der Waals surface area contributed by atoms with E-state index in [2.05, 4.69) is 9.72 Å². The fraction of sp³-hybridized carbons (Fsp3) is 0.333. The van der Waals surface area contributed by atoms with Crippen LogP contribution in [0.1, 0.15) is 6.42 Å². The maximum absolute atomic E-state index is 10.9. The minimum absolute atomic E-state index is 0.228. The molecule has 0 unspecified atom stereocenters. The molecule has 0 aromatic carbocycles. The molecular formula is C9H10Cl2N2O2S. The van der Waals surface area contributed by atoms with Crippen molar-refractivity contribution < 1.29 is 9.53 Å². The molecule has 0 saturated heterocycles. The molecule has 0 aliphatic heterocycles. The number of hydrogen-bond acceptors (Lipinski definition) is 5. The molecule has 1 aromatic heterocycles. The van der Waals surface area contributed by atoms with Gasteiger partial charge in [-0.25, -0.2) is 4.98 Å². The molecule has 0 radical (unpaired) electrons. The Labute approximate surface area is 107 Å². The van der Waals surface area contributed by atoms with E-state index in [1.165, 1.54) is 24.9 Å². The lowest BCUT2D eigenvalue weighted by Crippen LogP contribution is -2.01. The lowest BCUT2D eigenvalue weighted by molar-refractivity contribution is -0.140. The van der Waals surface area contributed by atoms with E-state index in [0.717, 1.165) is 0 Å². The van der Waals surface area contributed by atoms with Gasteiger partial charge in [-0.3, -0.25) is 4.79 Å². The van der Waals surface area contributed by atoms with Gasteiger partial charge in [0.1, 0.15) is 10.8 Å². The normalized spacial score (nSPS) is 10.2. The molecule has 0 bridgehead atoms. The molecular weight excluding hydrogens is 271 g/mol. The predicted molar refractivity (Wildman–Crippen MR) is 66.0 cm³/mol. The van der Waals surface area contributed by atoms with E-state index in [1.54, 1.807) is 0 Å². The number of nitrogen functional groups attached to an aromatic ring is 1. The summed E-state index contributed by atoms with van der Waals surface area (Å²) in [7, 11) is 1.35. The number of methoxy groups -OCH3 is 1. The Morgan fingerprint density at radius 3 is 2.88 bits per heavy atom. The van der Waals surface area contributed by atoms with Crippen LogP contribution in [0, 0.1) is 0 Å². The second-order valence-corrected chi connectivity index (χ2v) is 4.72. The summed E-state index contributed by atoms with van der Waals surface area (Å²) in [4.78, 5) is 14.9. The molecule has 88 valence electrons. The monoisotopic (exact) mass is 280 g/mol. The fourth-order valence-corrected chi connectivity index (χ4v) is 2.24. The molecule has 1 aromatic rings. The standard InChI is InChI=1S/C9H10Cl2N2O2S/c1-15-7(14)2-3-16-9-6(11)4-5(10)8(12)13-9/h4H,2-3H2,1H3,(H2,12,13). The van der Waals surface area contributed by atoms with Crippen LogP contribution >= 0.6 is 35.0 Å². The van der Waals surface area contributed by atoms with Crippen LogP contribution in [0.5, 0.6) is 0 Å². The van der Waals surface area contributed by atoms with Crippen molar-refractivity contribution in [1.82, 2.24) is 4.98 Å². The van der Waals surface area contributed by atoms with Crippen LogP contribution in [0.3, 0.4) is 0 Å². The summed E-state index contributed by atoms with van der Waals surface area (Å²) >= 11 is 13.0. The molecule has 0 amide bonds. The Morgan fingerprint density at radius 2 is 2.25 bits per heavy atom. The van der Waals surface area contributed by atoms with Gasteiger partial charge in [0, 0.05) is 5.75 Å². The predicted octanol–water partition coefficient (Wildman–Crippen LogP) is 2.63. The van der Waals surface area contributed by atoms with Gasteiger partial charge >= 0.3 is 5.97 Å². The number of pyridine rings is 1. The molecule has 0 aliphatic rings.